The number of fused-ring (bicyclic) bond motifs is 1. The Hall–Kier alpha value is -3.25. The predicted molar refractivity (Wildman–Crippen MR) is 137 cm³/mol. The molecule has 5 nitrogen and oxygen atoms in total. The number of carbonyl (C=O) groups excluding carboxylic acids is 1. The van der Waals surface area contributed by atoms with E-state index in [4.69, 9.17) is 14.5 Å². The maximum Gasteiger partial charge on any atom is 0.266 e. The van der Waals surface area contributed by atoms with Gasteiger partial charge in [0.15, 0.2) is 5.17 Å². The molecule has 1 heterocycles. The quantitative estimate of drug-likeness (QED) is 0.279. The second kappa shape index (κ2) is 10.6. The maximum absolute atomic E-state index is 13.2. The zero-order valence-electron chi connectivity index (χ0n) is 19.2. The van der Waals surface area contributed by atoms with E-state index in [1.807, 2.05) is 55.5 Å². The second-order valence-electron chi connectivity index (χ2n) is 7.65. The molecule has 1 aliphatic heterocycles. The number of rotatable bonds is 8. The van der Waals surface area contributed by atoms with Crippen LogP contribution in [-0.2, 0) is 4.79 Å². The van der Waals surface area contributed by atoms with Crippen LogP contribution in [0.2, 0.25) is 0 Å². The molecule has 3 aromatic carbocycles. The number of unbranched alkanes of at least 4 members (excludes halogenated alkanes) is 1. The number of thioether (sulfide) groups is 1. The molecule has 0 bridgehead atoms. The van der Waals surface area contributed by atoms with Crippen LogP contribution in [0.1, 0.15) is 32.3 Å². The summed E-state index contributed by atoms with van der Waals surface area (Å²) in [6.07, 6.45) is 4.00. The summed E-state index contributed by atoms with van der Waals surface area (Å²) < 4.78 is 11.3. The number of amides is 1. The third-order valence-electron chi connectivity index (χ3n) is 5.46. The van der Waals surface area contributed by atoms with Gasteiger partial charge in [0, 0.05) is 12.1 Å². The van der Waals surface area contributed by atoms with Crippen LogP contribution >= 0.6 is 11.8 Å². The Morgan fingerprint density at radius 2 is 1.82 bits per heavy atom. The fraction of sp³-hybridized carbons (Fsp3) is 0.259. The number of benzene rings is 3. The lowest BCUT2D eigenvalue weighted by Gasteiger charge is -2.13. The number of aliphatic imine (C=N–C) groups is 1. The topological polar surface area (TPSA) is 51.1 Å². The van der Waals surface area contributed by atoms with E-state index >= 15 is 0 Å². The van der Waals surface area contributed by atoms with Gasteiger partial charge in [-0.15, -0.1) is 0 Å². The number of nitrogens with zero attached hydrogens (tertiary/aromatic N) is 2. The summed E-state index contributed by atoms with van der Waals surface area (Å²) in [6.45, 7) is 5.30. The first-order valence-corrected chi connectivity index (χ1v) is 12.0. The predicted octanol–water partition coefficient (Wildman–Crippen LogP) is 6.65. The standard InChI is InChI=1S/C27H28N2O3S/c1-4-6-17-32-24-16-11-19-9-7-8-10-22(19)23(24)18-25-26(30)29(5-2)27(33-25)28-20-12-14-21(31-3)15-13-20/h7-16,18H,4-6,17H2,1-3H3/b25-18-,28-27?. The van der Waals surface area contributed by atoms with E-state index in [1.165, 1.54) is 11.8 Å². The molecular formula is C27H28N2O3S. The summed E-state index contributed by atoms with van der Waals surface area (Å²) >= 11 is 1.40. The number of carbonyl (C=O) groups is 1. The van der Waals surface area contributed by atoms with E-state index in [0.29, 0.717) is 23.2 Å². The van der Waals surface area contributed by atoms with Crippen LogP contribution in [0, 0.1) is 0 Å². The third-order valence-corrected chi connectivity index (χ3v) is 6.47. The average molecular weight is 461 g/mol. The van der Waals surface area contributed by atoms with Crippen LogP contribution in [0.4, 0.5) is 5.69 Å². The van der Waals surface area contributed by atoms with Crippen molar-refractivity contribution in [2.45, 2.75) is 26.7 Å². The van der Waals surface area contributed by atoms with Crippen molar-refractivity contribution in [2.24, 2.45) is 4.99 Å². The normalized spacial score (nSPS) is 16.2. The summed E-state index contributed by atoms with van der Waals surface area (Å²) in [5.41, 5.74) is 1.71. The van der Waals surface area contributed by atoms with Crippen molar-refractivity contribution in [1.82, 2.24) is 4.90 Å². The smallest absolute Gasteiger partial charge is 0.266 e. The molecule has 6 heteroatoms. The minimum Gasteiger partial charge on any atom is -0.497 e. The molecule has 0 saturated carbocycles. The van der Waals surface area contributed by atoms with Crippen LogP contribution in [0.25, 0.3) is 16.8 Å². The zero-order chi connectivity index (χ0) is 23.2. The molecular weight excluding hydrogens is 432 g/mol. The summed E-state index contributed by atoms with van der Waals surface area (Å²) in [7, 11) is 1.63. The molecule has 0 atom stereocenters. The molecule has 1 saturated heterocycles. The lowest BCUT2D eigenvalue weighted by molar-refractivity contribution is -0.122. The van der Waals surface area contributed by atoms with Crippen molar-refractivity contribution in [2.75, 3.05) is 20.3 Å². The summed E-state index contributed by atoms with van der Waals surface area (Å²) in [6, 6.07) is 19.7. The van der Waals surface area contributed by atoms with E-state index in [0.717, 1.165) is 46.4 Å². The minimum absolute atomic E-state index is 0.0396. The third kappa shape index (κ3) is 5.06. The number of amidine groups is 1. The lowest BCUT2D eigenvalue weighted by Crippen LogP contribution is -2.28. The van der Waals surface area contributed by atoms with Crippen LogP contribution in [0.5, 0.6) is 11.5 Å². The van der Waals surface area contributed by atoms with Gasteiger partial charge in [-0.25, -0.2) is 4.99 Å². The number of methoxy groups -OCH3 is 1. The molecule has 0 aliphatic carbocycles. The van der Waals surface area contributed by atoms with Gasteiger partial charge >= 0.3 is 0 Å². The molecule has 0 spiro atoms. The molecule has 1 aliphatic rings. The SMILES string of the molecule is CCCCOc1ccc2ccccc2c1/C=C1\SC(=Nc2ccc(OC)cc2)N(CC)C1=O. The van der Waals surface area contributed by atoms with Gasteiger partial charge < -0.3 is 9.47 Å². The van der Waals surface area contributed by atoms with Crippen LogP contribution < -0.4 is 9.47 Å². The van der Waals surface area contributed by atoms with E-state index in [9.17, 15) is 4.79 Å². The largest absolute Gasteiger partial charge is 0.497 e. The maximum atomic E-state index is 13.2. The van der Waals surface area contributed by atoms with E-state index in [-0.39, 0.29) is 5.91 Å². The molecule has 1 fully saturated rings. The van der Waals surface area contributed by atoms with Gasteiger partial charge in [0.2, 0.25) is 0 Å². The van der Waals surface area contributed by atoms with Gasteiger partial charge in [0.05, 0.1) is 24.3 Å². The molecule has 33 heavy (non-hydrogen) atoms. The van der Waals surface area contributed by atoms with Crippen molar-refractivity contribution >= 4 is 45.4 Å². The van der Waals surface area contributed by atoms with Crippen molar-refractivity contribution in [1.29, 1.82) is 0 Å². The Morgan fingerprint density at radius 1 is 1.03 bits per heavy atom. The lowest BCUT2D eigenvalue weighted by atomic mass is 10.0. The summed E-state index contributed by atoms with van der Waals surface area (Å²) in [5.74, 6) is 1.53. The zero-order valence-corrected chi connectivity index (χ0v) is 20.0. The Kier molecular flexibility index (Phi) is 7.35. The van der Waals surface area contributed by atoms with Gasteiger partial charge in [-0.2, -0.15) is 0 Å². The van der Waals surface area contributed by atoms with E-state index < -0.39 is 0 Å². The summed E-state index contributed by atoms with van der Waals surface area (Å²) in [4.78, 5) is 20.3. The Bertz CT molecular complexity index is 1200. The molecule has 170 valence electrons. The highest BCUT2D eigenvalue weighted by atomic mass is 32.2. The first kappa shape index (κ1) is 22.9. The average Bonchev–Trinajstić information content (AvgIpc) is 3.14. The first-order valence-electron chi connectivity index (χ1n) is 11.2. The van der Waals surface area contributed by atoms with Gasteiger partial charge in [-0.05, 0) is 72.3 Å². The Labute approximate surface area is 199 Å². The van der Waals surface area contributed by atoms with Crippen molar-refractivity contribution in [3.63, 3.8) is 0 Å². The Morgan fingerprint density at radius 3 is 2.55 bits per heavy atom. The monoisotopic (exact) mass is 460 g/mol. The number of likely N-dealkylation sites (N-methyl/N-ethyl adjacent to an activating group) is 1. The molecule has 3 aromatic rings. The molecule has 0 aromatic heterocycles. The molecule has 0 unspecified atom stereocenters. The number of hydrogen-bond donors (Lipinski definition) is 0. The fourth-order valence-corrected chi connectivity index (χ4v) is 4.69. The molecule has 4 rings (SSSR count). The molecule has 0 N–H and O–H groups in total. The highest BCUT2D eigenvalue weighted by Crippen LogP contribution is 2.38. The molecule has 0 radical (unpaired) electrons. The van der Waals surface area contributed by atoms with Crippen LogP contribution in [0.3, 0.4) is 0 Å². The van der Waals surface area contributed by atoms with E-state index in [1.54, 1.807) is 12.0 Å². The summed E-state index contributed by atoms with van der Waals surface area (Å²) in [5, 5.41) is 2.85. The van der Waals surface area contributed by atoms with Crippen LogP contribution in [-0.4, -0.2) is 36.2 Å². The number of hydrogen-bond acceptors (Lipinski definition) is 5. The van der Waals surface area contributed by atoms with Crippen molar-refractivity contribution in [3.05, 3.63) is 71.1 Å². The van der Waals surface area contributed by atoms with Gasteiger partial charge in [-0.1, -0.05) is 43.7 Å². The highest BCUT2D eigenvalue weighted by molar-refractivity contribution is 8.18. The fourth-order valence-electron chi connectivity index (χ4n) is 3.65. The van der Waals surface area contributed by atoms with Gasteiger partial charge in [0.1, 0.15) is 11.5 Å². The van der Waals surface area contributed by atoms with Crippen molar-refractivity contribution < 1.29 is 14.3 Å². The van der Waals surface area contributed by atoms with Gasteiger partial charge in [0.25, 0.3) is 5.91 Å². The minimum atomic E-state index is -0.0396. The second-order valence-corrected chi connectivity index (χ2v) is 8.66. The first-order chi connectivity index (χ1) is 16.1. The number of ether oxygens (including phenoxy) is 2. The van der Waals surface area contributed by atoms with E-state index in [2.05, 4.69) is 25.1 Å². The molecule has 1 amide bonds. The van der Waals surface area contributed by atoms with Crippen molar-refractivity contribution in [3.8, 4) is 11.5 Å². The van der Waals surface area contributed by atoms with Crippen LogP contribution in [0.15, 0.2) is 70.6 Å². The Balaban J connectivity index is 1.72. The highest BCUT2D eigenvalue weighted by Gasteiger charge is 2.32. The van der Waals surface area contributed by atoms with Gasteiger partial charge in [-0.3, -0.25) is 9.69 Å².